The lowest BCUT2D eigenvalue weighted by Gasteiger charge is -2.23. The van der Waals surface area contributed by atoms with Gasteiger partial charge in [-0.3, -0.25) is 9.20 Å². The number of hydrogen-bond acceptors (Lipinski definition) is 6. The summed E-state index contributed by atoms with van der Waals surface area (Å²) in [4.78, 5) is 19.3. The van der Waals surface area contributed by atoms with Crippen molar-refractivity contribution >= 4 is 29.0 Å². The Morgan fingerprint density at radius 3 is 2.71 bits per heavy atom. The minimum atomic E-state index is -0.203. The highest BCUT2D eigenvalue weighted by Gasteiger charge is 2.38. The van der Waals surface area contributed by atoms with Crippen LogP contribution in [-0.4, -0.2) is 38.2 Å². The molecular weight excluding hydrogens is 370 g/mol. The Labute approximate surface area is 168 Å². The maximum Gasteiger partial charge on any atom is 0.256 e. The molecular formula is C21H23N5OS. The number of fused-ring (bicyclic) bond motifs is 2. The third-order valence-corrected chi connectivity index (χ3v) is 6.20. The van der Waals surface area contributed by atoms with Crippen molar-refractivity contribution in [2.75, 3.05) is 17.7 Å². The second kappa shape index (κ2) is 6.74. The van der Waals surface area contributed by atoms with Crippen LogP contribution < -0.4 is 4.90 Å². The van der Waals surface area contributed by atoms with Gasteiger partial charge in [-0.2, -0.15) is 0 Å². The third kappa shape index (κ3) is 2.99. The van der Waals surface area contributed by atoms with Crippen molar-refractivity contribution in [3.63, 3.8) is 0 Å². The first-order valence-electron chi connectivity index (χ1n) is 9.19. The first kappa shape index (κ1) is 18.7. The standard InChI is InChI=1S/C21H23N5OS/c1-13-10-14(2)26-19(22-13)23-24-20(26)28-12-15(27)11-18-21(3,4)16-8-6-7-9-17(16)25(18)5/h6-11H,12H2,1-5H3/b18-11-. The number of para-hydroxylation sites is 1. The summed E-state index contributed by atoms with van der Waals surface area (Å²) in [6.45, 7) is 8.24. The van der Waals surface area contributed by atoms with E-state index in [1.807, 2.05) is 43.5 Å². The minimum absolute atomic E-state index is 0.0576. The Bertz CT molecular complexity index is 1120. The van der Waals surface area contributed by atoms with Crippen LogP contribution in [0.5, 0.6) is 0 Å². The highest BCUT2D eigenvalue weighted by Crippen LogP contribution is 2.46. The number of thioether (sulfide) groups is 1. The fraction of sp³-hybridized carbons (Fsp3) is 0.333. The normalized spacial score (nSPS) is 16.8. The Balaban J connectivity index is 1.56. The summed E-state index contributed by atoms with van der Waals surface area (Å²) in [5.74, 6) is 0.929. The van der Waals surface area contributed by atoms with Gasteiger partial charge in [0.2, 0.25) is 0 Å². The number of hydrogen-bond donors (Lipinski definition) is 0. The first-order valence-corrected chi connectivity index (χ1v) is 10.2. The zero-order chi connectivity index (χ0) is 20.1. The lowest BCUT2D eigenvalue weighted by molar-refractivity contribution is -0.112. The van der Waals surface area contributed by atoms with Crippen molar-refractivity contribution in [1.82, 2.24) is 19.6 Å². The topological polar surface area (TPSA) is 63.4 Å². The summed E-state index contributed by atoms with van der Waals surface area (Å²) in [5.41, 5.74) is 5.11. The summed E-state index contributed by atoms with van der Waals surface area (Å²) in [6.07, 6.45) is 1.77. The van der Waals surface area contributed by atoms with E-state index in [1.54, 1.807) is 6.08 Å². The van der Waals surface area contributed by atoms with Crippen LogP contribution in [0.1, 0.15) is 30.8 Å². The maximum absolute atomic E-state index is 12.8. The second-order valence-electron chi connectivity index (χ2n) is 7.64. The smallest absolute Gasteiger partial charge is 0.256 e. The maximum atomic E-state index is 12.8. The molecule has 0 unspecified atom stereocenters. The molecule has 0 amide bonds. The van der Waals surface area contributed by atoms with Crippen molar-refractivity contribution < 1.29 is 4.79 Å². The number of rotatable bonds is 4. The zero-order valence-corrected chi connectivity index (χ0v) is 17.5. The number of benzene rings is 1. The minimum Gasteiger partial charge on any atom is -0.347 e. The number of aryl methyl sites for hydroxylation is 2. The number of carbonyl (C=O) groups is 1. The average Bonchev–Trinajstić information content (AvgIpc) is 3.13. The molecule has 28 heavy (non-hydrogen) atoms. The highest BCUT2D eigenvalue weighted by atomic mass is 32.2. The fourth-order valence-corrected chi connectivity index (χ4v) is 4.69. The molecule has 144 valence electrons. The molecule has 6 nitrogen and oxygen atoms in total. The number of allylic oxidation sites excluding steroid dienone is 2. The van der Waals surface area contributed by atoms with Crippen LogP contribution in [-0.2, 0) is 10.2 Å². The molecule has 0 aliphatic carbocycles. The molecule has 0 radical (unpaired) electrons. The molecule has 1 aliphatic heterocycles. The molecule has 1 aliphatic rings. The number of likely N-dealkylation sites (N-methyl/N-ethyl adjacent to an activating group) is 1. The Hall–Kier alpha value is -2.67. The Morgan fingerprint density at radius 1 is 1.21 bits per heavy atom. The van der Waals surface area contributed by atoms with E-state index in [0.717, 1.165) is 22.8 Å². The molecule has 0 fully saturated rings. The average molecular weight is 394 g/mol. The predicted molar refractivity (Wildman–Crippen MR) is 112 cm³/mol. The predicted octanol–water partition coefficient (Wildman–Crippen LogP) is 3.71. The lowest BCUT2D eigenvalue weighted by Crippen LogP contribution is -2.24. The molecule has 0 N–H and O–H groups in total. The van der Waals surface area contributed by atoms with E-state index in [4.69, 9.17) is 0 Å². The summed E-state index contributed by atoms with van der Waals surface area (Å²) in [6, 6.07) is 10.3. The van der Waals surface area contributed by atoms with E-state index < -0.39 is 0 Å². The molecule has 1 aromatic carbocycles. The fourth-order valence-electron chi connectivity index (χ4n) is 3.88. The number of nitrogens with zero attached hydrogens (tertiary/aromatic N) is 5. The van der Waals surface area contributed by atoms with E-state index in [9.17, 15) is 4.79 Å². The van der Waals surface area contributed by atoms with E-state index >= 15 is 0 Å². The van der Waals surface area contributed by atoms with Gasteiger partial charge in [0.05, 0.1) is 5.75 Å². The third-order valence-electron chi connectivity index (χ3n) is 5.24. The quantitative estimate of drug-likeness (QED) is 0.497. The van der Waals surface area contributed by atoms with E-state index in [1.165, 1.54) is 17.3 Å². The van der Waals surface area contributed by atoms with Crippen LogP contribution in [0, 0.1) is 13.8 Å². The molecule has 3 heterocycles. The van der Waals surface area contributed by atoms with E-state index in [2.05, 4.69) is 46.1 Å². The molecule has 0 spiro atoms. The molecule has 0 atom stereocenters. The Kier molecular flexibility index (Phi) is 4.50. The summed E-state index contributed by atoms with van der Waals surface area (Å²) < 4.78 is 1.89. The number of aromatic nitrogens is 4. The zero-order valence-electron chi connectivity index (χ0n) is 16.7. The van der Waals surface area contributed by atoms with Crippen LogP contribution in [0.4, 0.5) is 5.69 Å². The van der Waals surface area contributed by atoms with Gasteiger partial charge in [-0.1, -0.05) is 43.8 Å². The molecule has 4 rings (SSSR count). The van der Waals surface area contributed by atoms with Crippen LogP contribution in [0.25, 0.3) is 5.78 Å². The van der Waals surface area contributed by atoms with Crippen LogP contribution in [0.15, 0.2) is 47.3 Å². The van der Waals surface area contributed by atoms with Crippen molar-refractivity contribution in [2.24, 2.45) is 0 Å². The number of anilines is 1. The van der Waals surface area contributed by atoms with Gasteiger partial charge in [0.15, 0.2) is 10.9 Å². The molecule has 7 heteroatoms. The molecule has 3 aromatic rings. The number of ketones is 1. The SMILES string of the molecule is Cc1cc(C)n2c(SCC(=O)/C=C3\N(C)c4ccccc4C3(C)C)nnc2n1. The largest absolute Gasteiger partial charge is 0.347 e. The van der Waals surface area contributed by atoms with E-state index in [-0.39, 0.29) is 11.2 Å². The second-order valence-corrected chi connectivity index (χ2v) is 8.59. The van der Waals surface area contributed by atoms with Crippen molar-refractivity contribution in [2.45, 2.75) is 38.3 Å². The summed E-state index contributed by atoms with van der Waals surface area (Å²) >= 11 is 1.39. The van der Waals surface area contributed by atoms with Gasteiger partial charge in [-0.15, -0.1) is 10.2 Å². The Morgan fingerprint density at radius 2 is 1.96 bits per heavy atom. The van der Waals surface area contributed by atoms with Gasteiger partial charge in [-0.05, 0) is 31.5 Å². The molecule has 0 saturated carbocycles. The molecule has 2 aromatic heterocycles. The van der Waals surface area contributed by atoms with E-state index in [0.29, 0.717) is 16.7 Å². The number of carbonyl (C=O) groups excluding carboxylic acids is 1. The van der Waals surface area contributed by atoms with Crippen LogP contribution >= 0.6 is 11.8 Å². The van der Waals surface area contributed by atoms with Gasteiger partial charge in [0, 0.05) is 41.3 Å². The van der Waals surface area contributed by atoms with Gasteiger partial charge < -0.3 is 4.90 Å². The summed E-state index contributed by atoms with van der Waals surface area (Å²) in [5, 5.41) is 9.03. The van der Waals surface area contributed by atoms with Gasteiger partial charge in [-0.25, -0.2) is 4.98 Å². The highest BCUT2D eigenvalue weighted by molar-refractivity contribution is 7.99. The monoisotopic (exact) mass is 393 g/mol. The molecule has 0 bridgehead atoms. The first-order chi connectivity index (χ1) is 13.3. The van der Waals surface area contributed by atoms with Gasteiger partial charge in [0.25, 0.3) is 5.78 Å². The van der Waals surface area contributed by atoms with Crippen LogP contribution in [0.3, 0.4) is 0 Å². The van der Waals surface area contributed by atoms with Gasteiger partial charge in [0.1, 0.15) is 0 Å². The summed E-state index contributed by atoms with van der Waals surface area (Å²) in [7, 11) is 2.02. The molecule has 0 saturated heterocycles. The van der Waals surface area contributed by atoms with Gasteiger partial charge >= 0.3 is 0 Å². The lowest BCUT2D eigenvalue weighted by atomic mass is 9.83. The van der Waals surface area contributed by atoms with Crippen LogP contribution in [0.2, 0.25) is 0 Å². The van der Waals surface area contributed by atoms with Crippen molar-refractivity contribution in [3.8, 4) is 0 Å². The van der Waals surface area contributed by atoms with Crippen molar-refractivity contribution in [3.05, 3.63) is 59.1 Å². The van der Waals surface area contributed by atoms with Crippen molar-refractivity contribution in [1.29, 1.82) is 0 Å².